The summed E-state index contributed by atoms with van der Waals surface area (Å²) in [5.74, 6) is 0. The minimum absolute atomic E-state index is 0.471. The molecule has 0 aliphatic heterocycles. The fourth-order valence-corrected chi connectivity index (χ4v) is 3.08. The van der Waals surface area contributed by atoms with Gasteiger partial charge in [0.2, 0.25) is 0 Å². The predicted molar refractivity (Wildman–Crippen MR) is 92.7 cm³/mol. The summed E-state index contributed by atoms with van der Waals surface area (Å²) in [6, 6.07) is 7.28. The van der Waals surface area contributed by atoms with E-state index in [4.69, 9.17) is 28.9 Å². The first kappa shape index (κ1) is 16.1. The lowest BCUT2D eigenvalue weighted by Gasteiger charge is -2.01. The highest BCUT2D eigenvalue weighted by atomic mass is 35.5. The number of nitrogen functional groups attached to an aromatic ring is 1. The van der Waals surface area contributed by atoms with Gasteiger partial charge in [-0.05, 0) is 43.4 Å². The lowest BCUT2D eigenvalue weighted by Crippen LogP contribution is -1.87. The molecule has 0 saturated heterocycles. The molecule has 0 fully saturated rings. The van der Waals surface area contributed by atoms with E-state index in [0.717, 1.165) is 12.1 Å². The topological polar surface area (TPSA) is 51.8 Å². The van der Waals surface area contributed by atoms with Gasteiger partial charge in [-0.25, -0.2) is 9.97 Å². The Labute approximate surface area is 138 Å². The van der Waals surface area contributed by atoms with E-state index in [0.29, 0.717) is 16.0 Å². The van der Waals surface area contributed by atoms with Crippen LogP contribution in [0.25, 0.3) is 4.91 Å². The number of thioether (sulfide) groups is 1. The standard InChI is InChI=1S/C10H10ClNS.C5H5ClN2/c1-6-5-7-3-4-8(11)12-9(7)10(6)13-2;6-5-2-1-4(7)3-8-5/h3-4H,5H2,1-2H3;1-3H,7H2. The first-order valence-corrected chi connectivity index (χ1v) is 8.26. The van der Waals surface area contributed by atoms with Gasteiger partial charge in [0.25, 0.3) is 0 Å². The number of halogens is 2. The van der Waals surface area contributed by atoms with E-state index in [1.165, 1.54) is 22.2 Å². The SMILES string of the molecule is CSC1=C(C)Cc2ccc(Cl)nc21.Nc1ccc(Cl)nc1. The van der Waals surface area contributed by atoms with Crippen molar-refractivity contribution < 1.29 is 0 Å². The first-order chi connectivity index (χ1) is 10.0. The normalized spacial score (nSPS) is 12.8. The molecule has 3 nitrogen and oxygen atoms in total. The molecule has 0 spiro atoms. The van der Waals surface area contributed by atoms with E-state index in [1.54, 1.807) is 23.9 Å². The van der Waals surface area contributed by atoms with E-state index in [1.807, 2.05) is 6.07 Å². The maximum Gasteiger partial charge on any atom is 0.129 e. The van der Waals surface area contributed by atoms with Gasteiger partial charge < -0.3 is 5.73 Å². The van der Waals surface area contributed by atoms with Gasteiger partial charge in [0.05, 0.1) is 17.6 Å². The zero-order valence-corrected chi connectivity index (χ0v) is 14.1. The number of hydrogen-bond acceptors (Lipinski definition) is 4. The van der Waals surface area contributed by atoms with E-state index in [2.05, 4.69) is 29.2 Å². The van der Waals surface area contributed by atoms with Gasteiger partial charge in [0, 0.05) is 4.91 Å². The molecule has 0 aromatic carbocycles. The van der Waals surface area contributed by atoms with Gasteiger partial charge >= 0.3 is 0 Å². The highest BCUT2D eigenvalue weighted by Crippen LogP contribution is 2.38. The molecule has 0 atom stereocenters. The van der Waals surface area contributed by atoms with E-state index in [-0.39, 0.29) is 0 Å². The van der Waals surface area contributed by atoms with Crippen LogP contribution in [-0.2, 0) is 6.42 Å². The van der Waals surface area contributed by atoms with Gasteiger partial charge in [0.1, 0.15) is 10.3 Å². The summed E-state index contributed by atoms with van der Waals surface area (Å²) in [7, 11) is 0. The molecule has 21 heavy (non-hydrogen) atoms. The average Bonchev–Trinajstić information content (AvgIpc) is 2.77. The lowest BCUT2D eigenvalue weighted by molar-refractivity contribution is 1.16. The molecule has 2 heterocycles. The third kappa shape index (κ3) is 4.13. The van der Waals surface area contributed by atoms with Crippen molar-refractivity contribution in [3.05, 3.63) is 57.6 Å². The summed E-state index contributed by atoms with van der Waals surface area (Å²) in [5.41, 5.74) is 9.72. The number of nitrogens with two attached hydrogens (primary N) is 1. The summed E-state index contributed by atoms with van der Waals surface area (Å²) < 4.78 is 0. The molecule has 2 aromatic heterocycles. The molecule has 110 valence electrons. The van der Waals surface area contributed by atoms with Crippen LogP contribution in [0.15, 0.2) is 36.0 Å². The Kier molecular flexibility index (Phi) is 5.51. The van der Waals surface area contributed by atoms with Crippen LogP contribution in [0.2, 0.25) is 10.3 Å². The lowest BCUT2D eigenvalue weighted by atomic mass is 10.2. The van der Waals surface area contributed by atoms with Gasteiger partial charge in [-0.1, -0.05) is 34.8 Å². The Hall–Kier alpha value is -1.23. The highest BCUT2D eigenvalue weighted by Gasteiger charge is 2.19. The van der Waals surface area contributed by atoms with Crippen LogP contribution in [0.5, 0.6) is 0 Å². The van der Waals surface area contributed by atoms with Gasteiger partial charge in [-0.3, -0.25) is 0 Å². The number of anilines is 1. The second-order valence-corrected chi connectivity index (χ2v) is 6.14. The van der Waals surface area contributed by atoms with E-state index >= 15 is 0 Å². The molecule has 1 aliphatic rings. The maximum absolute atomic E-state index is 5.85. The molecule has 0 amide bonds. The number of aromatic nitrogens is 2. The molecular weight excluding hydrogens is 325 g/mol. The van der Waals surface area contributed by atoms with Gasteiger partial charge in [-0.15, -0.1) is 11.8 Å². The minimum Gasteiger partial charge on any atom is -0.397 e. The van der Waals surface area contributed by atoms with Crippen LogP contribution < -0.4 is 5.73 Å². The quantitative estimate of drug-likeness (QED) is 0.765. The number of hydrogen-bond donors (Lipinski definition) is 1. The highest BCUT2D eigenvalue weighted by molar-refractivity contribution is 8.07. The second kappa shape index (κ2) is 7.16. The molecule has 0 radical (unpaired) electrons. The first-order valence-electron chi connectivity index (χ1n) is 6.28. The Balaban J connectivity index is 0.000000173. The molecule has 1 aliphatic carbocycles. The molecule has 2 N–H and O–H groups in total. The van der Waals surface area contributed by atoms with Crippen molar-refractivity contribution in [3.63, 3.8) is 0 Å². The van der Waals surface area contributed by atoms with Crippen molar-refractivity contribution in [1.82, 2.24) is 9.97 Å². The molecular formula is C15H15Cl2N3S. The average molecular weight is 340 g/mol. The zero-order valence-electron chi connectivity index (χ0n) is 11.7. The predicted octanol–water partition coefficient (Wildman–Crippen LogP) is 4.70. The van der Waals surface area contributed by atoms with E-state index in [9.17, 15) is 0 Å². The van der Waals surface area contributed by atoms with Crippen molar-refractivity contribution in [2.45, 2.75) is 13.3 Å². The summed E-state index contributed by atoms with van der Waals surface area (Å²) in [4.78, 5) is 9.35. The molecule has 3 rings (SSSR count). The Bertz CT molecular complexity index is 648. The monoisotopic (exact) mass is 339 g/mol. The van der Waals surface area contributed by atoms with Crippen LogP contribution >= 0.6 is 35.0 Å². The second-order valence-electron chi connectivity index (χ2n) is 4.55. The van der Waals surface area contributed by atoms with Crippen molar-refractivity contribution in [2.24, 2.45) is 0 Å². The van der Waals surface area contributed by atoms with Gasteiger partial charge in [-0.2, -0.15) is 0 Å². The van der Waals surface area contributed by atoms with Crippen LogP contribution in [0.3, 0.4) is 0 Å². The van der Waals surface area contributed by atoms with Crippen molar-refractivity contribution in [2.75, 3.05) is 12.0 Å². The van der Waals surface area contributed by atoms with Crippen LogP contribution in [0.4, 0.5) is 5.69 Å². The molecule has 0 unspecified atom stereocenters. The summed E-state index contributed by atoms with van der Waals surface area (Å²) in [6.07, 6.45) is 4.62. The van der Waals surface area contributed by atoms with Gasteiger partial charge in [0.15, 0.2) is 0 Å². The van der Waals surface area contributed by atoms with Crippen molar-refractivity contribution in [1.29, 1.82) is 0 Å². The number of fused-ring (bicyclic) bond motifs is 1. The minimum atomic E-state index is 0.471. The summed E-state index contributed by atoms with van der Waals surface area (Å²) in [5, 5.41) is 1.05. The number of allylic oxidation sites excluding steroid dienone is 1. The smallest absolute Gasteiger partial charge is 0.129 e. The molecule has 2 aromatic rings. The van der Waals surface area contributed by atoms with Crippen LogP contribution in [0.1, 0.15) is 18.2 Å². The van der Waals surface area contributed by atoms with E-state index < -0.39 is 0 Å². The number of pyridine rings is 2. The third-order valence-electron chi connectivity index (χ3n) is 2.96. The summed E-state index contributed by atoms with van der Waals surface area (Å²) in [6.45, 7) is 2.15. The fourth-order valence-electron chi connectivity index (χ4n) is 2.03. The fraction of sp³-hybridized carbons (Fsp3) is 0.200. The largest absolute Gasteiger partial charge is 0.397 e. The van der Waals surface area contributed by atoms with Crippen LogP contribution in [0, 0.1) is 0 Å². The molecule has 0 saturated carbocycles. The Morgan fingerprint density at radius 3 is 2.43 bits per heavy atom. The van der Waals surface area contributed by atoms with Crippen molar-refractivity contribution in [3.8, 4) is 0 Å². The Morgan fingerprint density at radius 1 is 1.14 bits per heavy atom. The number of nitrogens with zero attached hydrogens (tertiary/aromatic N) is 2. The third-order valence-corrected chi connectivity index (χ3v) is 4.34. The molecule has 0 bridgehead atoms. The molecule has 6 heteroatoms. The zero-order chi connectivity index (χ0) is 15.4. The number of rotatable bonds is 1. The maximum atomic E-state index is 5.85. The van der Waals surface area contributed by atoms with Crippen LogP contribution in [-0.4, -0.2) is 16.2 Å². The summed E-state index contributed by atoms with van der Waals surface area (Å²) >= 11 is 13.0. The Morgan fingerprint density at radius 2 is 1.86 bits per heavy atom. The van der Waals surface area contributed by atoms with Crippen molar-refractivity contribution >= 4 is 45.6 Å².